The number of nitrogens with one attached hydrogen (secondary N) is 3. The average molecular weight is 329 g/mol. The van der Waals surface area contributed by atoms with Crippen molar-refractivity contribution in [3.63, 3.8) is 0 Å². The Morgan fingerprint density at radius 2 is 1.79 bits per heavy atom. The van der Waals surface area contributed by atoms with Gasteiger partial charge in [0.25, 0.3) is 0 Å². The zero-order valence-electron chi connectivity index (χ0n) is 14.4. The summed E-state index contributed by atoms with van der Waals surface area (Å²) in [4.78, 5) is 23.2. The minimum absolute atomic E-state index is 0.00484. The molecule has 0 atom stereocenters. The molecule has 1 aromatic rings. The highest BCUT2D eigenvalue weighted by molar-refractivity contribution is 5.90. The van der Waals surface area contributed by atoms with Crippen molar-refractivity contribution in [2.75, 3.05) is 23.7 Å². The van der Waals surface area contributed by atoms with Crippen LogP contribution in [0.2, 0.25) is 0 Å². The van der Waals surface area contributed by atoms with Gasteiger partial charge in [-0.25, -0.2) is 0 Å². The molecule has 0 unspecified atom stereocenters. The lowest BCUT2D eigenvalue weighted by Crippen LogP contribution is -2.30. The van der Waals surface area contributed by atoms with Crippen LogP contribution in [0.15, 0.2) is 35.9 Å². The topological polar surface area (TPSA) is 70.2 Å². The minimum Gasteiger partial charge on any atom is -0.376 e. The second kappa shape index (κ2) is 9.75. The fourth-order valence-corrected chi connectivity index (χ4v) is 2.66. The molecule has 2 rings (SSSR count). The van der Waals surface area contributed by atoms with Gasteiger partial charge in [0.15, 0.2) is 0 Å². The highest BCUT2D eigenvalue weighted by atomic mass is 16.2. The molecule has 3 N–H and O–H groups in total. The molecular weight excluding hydrogens is 302 g/mol. The zero-order chi connectivity index (χ0) is 17.2. The number of carbonyl (C=O) groups is 2. The molecule has 0 fully saturated rings. The number of anilines is 2. The quantitative estimate of drug-likeness (QED) is 0.640. The first-order valence-corrected chi connectivity index (χ1v) is 8.75. The molecule has 0 bridgehead atoms. The molecule has 1 aromatic carbocycles. The monoisotopic (exact) mass is 329 g/mol. The first-order valence-electron chi connectivity index (χ1n) is 8.75. The summed E-state index contributed by atoms with van der Waals surface area (Å²) >= 11 is 0. The molecule has 0 spiro atoms. The Morgan fingerprint density at radius 1 is 1.04 bits per heavy atom. The Balaban J connectivity index is 1.65. The number of allylic oxidation sites excluding steroid dienone is 1. The van der Waals surface area contributed by atoms with Gasteiger partial charge in [-0.15, -0.1) is 0 Å². The van der Waals surface area contributed by atoms with Crippen molar-refractivity contribution in [2.45, 2.75) is 45.4 Å². The summed E-state index contributed by atoms with van der Waals surface area (Å²) in [6.45, 7) is 2.77. The Bertz CT molecular complexity index is 579. The van der Waals surface area contributed by atoms with Crippen molar-refractivity contribution in [3.8, 4) is 0 Å². The first kappa shape index (κ1) is 18.0. The number of hydrogen-bond acceptors (Lipinski definition) is 3. The smallest absolute Gasteiger partial charge is 0.239 e. The van der Waals surface area contributed by atoms with E-state index in [4.69, 9.17) is 0 Å². The van der Waals surface area contributed by atoms with Crippen molar-refractivity contribution in [2.24, 2.45) is 0 Å². The third kappa shape index (κ3) is 6.44. The van der Waals surface area contributed by atoms with Gasteiger partial charge in [0, 0.05) is 24.3 Å². The molecule has 1 aliphatic rings. The summed E-state index contributed by atoms with van der Waals surface area (Å²) in [7, 11) is 0. The third-order valence-corrected chi connectivity index (χ3v) is 4.10. The van der Waals surface area contributed by atoms with Crippen LogP contribution in [0, 0.1) is 0 Å². The lowest BCUT2D eigenvalue weighted by Gasteiger charge is -2.13. The van der Waals surface area contributed by atoms with E-state index in [0.29, 0.717) is 13.0 Å². The summed E-state index contributed by atoms with van der Waals surface area (Å²) in [5, 5.41) is 8.83. The van der Waals surface area contributed by atoms with E-state index in [-0.39, 0.29) is 18.4 Å². The summed E-state index contributed by atoms with van der Waals surface area (Å²) in [5.41, 5.74) is 3.09. The van der Waals surface area contributed by atoms with Gasteiger partial charge in [-0.3, -0.25) is 9.59 Å². The maximum atomic E-state index is 11.9. The van der Waals surface area contributed by atoms with Crippen molar-refractivity contribution >= 4 is 23.2 Å². The highest BCUT2D eigenvalue weighted by Crippen LogP contribution is 2.19. The summed E-state index contributed by atoms with van der Waals surface area (Å²) in [6.07, 6.45) is 8.65. The number of benzene rings is 1. The fraction of sp³-hybridized carbons (Fsp3) is 0.474. The van der Waals surface area contributed by atoms with Gasteiger partial charge in [0.2, 0.25) is 11.8 Å². The Kier molecular flexibility index (Phi) is 7.33. The molecule has 0 saturated carbocycles. The maximum Gasteiger partial charge on any atom is 0.239 e. The second-order valence-electron chi connectivity index (χ2n) is 6.04. The van der Waals surface area contributed by atoms with Gasteiger partial charge in [-0.05, 0) is 56.4 Å². The fourth-order valence-electron chi connectivity index (χ4n) is 2.66. The van der Waals surface area contributed by atoms with Crippen LogP contribution in [0.3, 0.4) is 0 Å². The van der Waals surface area contributed by atoms with Crippen LogP contribution < -0.4 is 16.0 Å². The zero-order valence-corrected chi connectivity index (χ0v) is 14.4. The molecule has 0 aliphatic heterocycles. The maximum absolute atomic E-state index is 11.9. The average Bonchev–Trinajstić information content (AvgIpc) is 2.62. The largest absolute Gasteiger partial charge is 0.376 e. The van der Waals surface area contributed by atoms with Crippen molar-refractivity contribution < 1.29 is 9.59 Å². The van der Waals surface area contributed by atoms with E-state index in [9.17, 15) is 9.59 Å². The van der Waals surface area contributed by atoms with Gasteiger partial charge < -0.3 is 16.0 Å². The molecule has 0 aromatic heterocycles. The molecule has 2 amide bonds. The second-order valence-corrected chi connectivity index (χ2v) is 6.04. The first-order chi connectivity index (χ1) is 11.7. The van der Waals surface area contributed by atoms with Crippen LogP contribution in [-0.2, 0) is 9.59 Å². The van der Waals surface area contributed by atoms with Crippen LogP contribution in [0.5, 0.6) is 0 Å². The van der Waals surface area contributed by atoms with E-state index in [1.54, 1.807) is 0 Å². The van der Waals surface area contributed by atoms with Gasteiger partial charge in [-0.1, -0.05) is 18.6 Å². The summed E-state index contributed by atoms with van der Waals surface area (Å²) in [6, 6.07) is 7.35. The summed E-state index contributed by atoms with van der Waals surface area (Å²) < 4.78 is 0. The van der Waals surface area contributed by atoms with Gasteiger partial charge in [0.05, 0.1) is 6.54 Å². The lowest BCUT2D eigenvalue weighted by molar-refractivity contribution is -0.119. The minimum atomic E-state index is -0.0110. The van der Waals surface area contributed by atoms with Gasteiger partial charge in [-0.2, -0.15) is 0 Å². The molecule has 0 radical (unpaired) electrons. The van der Waals surface area contributed by atoms with Crippen molar-refractivity contribution in [3.05, 3.63) is 35.9 Å². The van der Waals surface area contributed by atoms with Crippen LogP contribution in [0.4, 0.5) is 11.4 Å². The molecule has 0 saturated heterocycles. The Hall–Kier alpha value is -2.30. The van der Waals surface area contributed by atoms with E-state index in [0.717, 1.165) is 17.8 Å². The predicted molar refractivity (Wildman–Crippen MR) is 98.0 cm³/mol. The predicted octanol–water partition coefficient (Wildman–Crippen LogP) is 3.45. The molecule has 1 aliphatic carbocycles. The van der Waals surface area contributed by atoms with E-state index in [2.05, 4.69) is 22.0 Å². The van der Waals surface area contributed by atoms with E-state index in [1.807, 2.05) is 31.2 Å². The van der Waals surface area contributed by atoms with Gasteiger partial charge >= 0.3 is 0 Å². The van der Waals surface area contributed by atoms with Crippen LogP contribution in [-0.4, -0.2) is 24.9 Å². The van der Waals surface area contributed by atoms with E-state index >= 15 is 0 Å². The van der Waals surface area contributed by atoms with Crippen LogP contribution in [0.25, 0.3) is 0 Å². The Morgan fingerprint density at radius 3 is 2.46 bits per heavy atom. The normalized spacial score (nSPS) is 13.8. The molecule has 5 heteroatoms. The van der Waals surface area contributed by atoms with E-state index in [1.165, 1.54) is 31.3 Å². The SMILES string of the molecule is CCC(=O)Nc1ccc(NCC(=O)NCCC2=CCCCC2)cc1. The van der Waals surface area contributed by atoms with Gasteiger partial charge in [0.1, 0.15) is 0 Å². The summed E-state index contributed by atoms with van der Waals surface area (Å²) in [5.74, 6) is -0.0158. The van der Waals surface area contributed by atoms with Crippen molar-refractivity contribution in [1.82, 2.24) is 5.32 Å². The van der Waals surface area contributed by atoms with Crippen molar-refractivity contribution in [1.29, 1.82) is 0 Å². The van der Waals surface area contributed by atoms with Crippen LogP contribution >= 0.6 is 0 Å². The number of hydrogen-bond donors (Lipinski definition) is 3. The number of rotatable bonds is 8. The number of amides is 2. The highest BCUT2D eigenvalue weighted by Gasteiger charge is 2.05. The molecule has 130 valence electrons. The third-order valence-electron chi connectivity index (χ3n) is 4.10. The molecule has 0 heterocycles. The lowest BCUT2D eigenvalue weighted by atomic mass is 9.97. The Labute approximate surface area is 143 Å². The van der Waals surface area contributed by atoms with Crippen LogP contribution in [0.1, 0.15) is 45.4 Å². The number of carbonyl (C=O) groups excluding carboxylic acids is 2. The van der Waals surface area contributed by atoms with E-state index < -0.39 is 0 Å². The molecular formula is C19H27N3O2. The molecule has 5 nitrogen and oxygen atoms in total. The molecule has 24 heavy (non-hydrogen) atoms. The standard InChI is InChI=1S/C19H27N3O2/c1-2-18(23)22-17-10-8-16(9-11-17)21-14-19(24)20-13-12-15-6-4-3-5-7-15/h6,8-11,21H,2-5,7,12-14H2,1H3,(H,20,24)(H,22,23).